The molecule has 0 heterocycles. The van der Waals surface area contributed by atoms with E-state index < -0.39 is 5.60 Å². The van der Waals surface area contributed by atoms with E-state index in [1.807, 2.05) is 13.8 Å². The van der Waals surface area contributed by atoms with Crippen molar-refractivity contribution in [1.82, 2.24) is 0 Å². The highest BCUT2D eigenvalue weighted by Crippen LogP contribution is 2.26. The fourth-order valence-corrected chi connectivity index (χ4v) is 2.09. The minimum Gasteiger partial charge on any atom is -0.390 e. The lowest BCUT2D eigenvalue weighted by Gasteiger charge is -2.20. The average molecular weight is 210 g/mol. The van der Waals surface area contributed by atoms with Gasteiger partial charge < -0.3 is 9.90 Å². The van der Waals surface area contributed by atoms with Gasteiger partial charge in [0.15, 0.2) is 0 Å². The van der Waals surface area contributed by atoms with Crippen LogP contribution >= 0.6 is 0 Å². The summed E-state index contributed by atoms with van der Waals surface area (Å²) in [5.41, 5.74) is 0.849. The smallest absolute Gasteiger partial charge is 0.123 e. The molecule has 1 unspecified atom stereocenters. The van der Waals surface area contributed by atoms with Gasteiger partial charge in [-0.05, 0) is 52.4 Å². The number of aldehydes is 1. The Bertz CT molecular complexity index is 235. The van der Waals surface area contributed by atoms with Crippen molar-refractivity contribution in [2.45, 2.75) is 58.0 Å². The number of aliphatic hydroxyl groups is 1. The number of carbonyl (C=O) groups is 1. The lowest BCUT2D eigenvalue weighted by atomic mass is 9.87. The molecule has 15 heavy (non-hydrogen) atoms. The van der Waals surface area contributed by atoms with Crippen molar-refractivity contribution < 1.29 is 9.90 Å². The van der Waals surface area contributed by atoms with Crippen LogP contribution in [-0.4, -0.2) is 17.0 Å². The molecule has 1 atom stereocenters. The SMILES string of the molecule is CC(C)(O)CCCC1=CCCC(C=O)C1. The highest BCUT2D eigenvalue weighted by molar-refractivity contribution is 5.54. The lowest BCUT2D eigenvalue weighted by molar-refractivity contribution is -0.111. The van der Waals surface area contributed by atoms with Gasteiger partial charge in [-0.1, -0.05) is 11.6 Å². The first-order valence-electron chi connectivity index (χ1n) is 5.87. The van der Waals surface area contributed by atoms with E-state index in [-0.39, 0.29) is 5.92 Å². The zero-order chi connectivity index (χ0) is 11.3. The van der Waals surface area contributed by atoms with E-state index in [1.165, 1.54) is 5.57 Å². The highest BCUT2D eigenvalue weighted by atomic mass is 16.3. The number of rotatable bonds is 5. The third-order valence-corrected chi connectivity index (χ3v) is 2.97. The third kappa shape index (κ3) is 5.12. The van der Waals surface area contributed by atoms with Gasteiger partial charge in [0.1, 0.15) is 6.29 Å². The zero-order valence-corrected chi connectivity index (χ0v) is 9.83. The summed E-state index contributed by atoms with van der Waals surface area (Å²) in [5.74, 6) is 0.243. The Hall–Kier alpha value is -0.630. The van der Waals surface area contributed by atoms with E-state index in [0.717, 1.165) is 44.8 Å². The maximum atomic E-state index is 10.7. The summed E-state index contributed by atoms with van der Waals surface area (Å²) >= 11 is 0. The van der Waals surface area contributed by atoms with Crippen molar-refractivity contribution in [2.24, 2.45) is 5.92 Å². The Labute approximate surface area is 92.4 Å². The summed E-state index contributed by atoms with van der Waals surface area (Å²) < 4.78 is 0. The van der Waals surface area contributed by atoms with Gasteiger partial charge in [-0.25, -0.2) is 0 Å². The van der Waals surface area contributed by atoms with Crippen molar-refractivity contribution in [3.05, 3.63) is 11.6 Å². The predicted molar refractivity (Wildman–Crippen MR) is 61.6 cm³/mol. The monoisotopic (exact) mass is 210 g/mol. The van der Waals surface area contributed by atoms with Crippen LogP contribution in [0.5, 0.6) is 0 Å². The van der Waals surface area contributed by atoms with Crippen molar-refractivity contribution >= 4 is 6.29 Å². The Morgan fingerprint density at radius 3 is 2.93 bits per heavy atom. The van der Waals surface area contributed by atoms with E-state index in [0.29, 0.717) is 0 Å². The van der Waals surface area contributed by atoms with Crippen LogP contribution in [0.3, 0.4) is 0 Å². The van der Waals surface area contributed by atoms with Crippen LogP contribution in [0.1, 0.15) is 52.4 Å². The first-order chi connectivity index (χ1) is 7.01. The number of hydrogen-bond acceptors (Lipinski definition) is 2. The van der Waals surface area contributed by atoms with Gasteiger partial charge >= 0.3 is 0 Å². The Morgan fingerprint density at radius 2 is 2.33 bits per heavy atom. The predicted octanol–water partition coefficient (Wildman–Crippen LogP) is 2.85. The molecule has 0 aromatic rings. The molecule has 0 spiro atoms. The molecule has 86 valence electrons. The van der Waals surface area contributed by atoms with Crippen LogP contribution in [0.15, 0.2) is 11.6 Å². The summed E-state index contributed by atoms with van der Waals surface area (Å²) in [4.78, 5) is 10.7. The van der Waals surface area contributed by atoms with Crippen LogP contribution in [-0.2, 0) is 4.79 Å². The Kier molecular flexibility index (Phi) is 4.52. The van der Waals surface area contributed by atoms with Gasteiger partial charge in [0.2, 0.25) is 0 Å². The summed E-state index contributed by atoms with van der Waals surface area (Å²) in [6.07, 6.45) is 9.23. The molecule has 1 aliphatic rings. The second-order valence-corrected chi connectivity index (χ2v) is 5.21. The largest absolute Gasteiger partial charge is 0.390 e. The van der Waals surface area contributed by atoms with E-state index in [1.54, 1.807) is 0 Å². The lowest BCUT2D eigenvalue weighted by Crippen LogP contribution is -2.18. The Balaban J connectivity index is 2.27. The van der Waals surface area contributed by atoms with Gasteiger partial charge in [-0.3, -0.25) is 0 Å². The molecule has 0 saturated carbocycles. The molecule has 2 nitrogen and oxygen atoms in total. The summed E-state index contributed by atoms with van der Waals surface area (Å²) in [7, 11) is 0. The molecule has 1 rings (SSSR count). The van der Waals surface area contributed by atoms with Crippen molar-refractivity contribution in [2.75, 3.05) is 0 Å². The fourth-order valence-electron chi connectivity index (χ4n) is 2.09. The van der Waals surface area contributed by atoms with Gasteiger partial charge in [0.25, 0.3) is 0 Å². The van der Waals surface area contributed by atoms with Crippen LogP contribution < -0.4 is 0 Å². The van der Waals surface area contributed by atoms with Crippen LogP contribution in [0.4, 0.5) is 0 Å². The van der Waals surface area contributed by atoms with Gasteiger partial charge in [0.05, 0.1) is 5.60 Å². The molecule has 0 aliphatic heterocycles. The first kappa shape index (κ1) is 12.4. The molecule has 0 radical (unpaired) electrons. The summed E-state index contributed by atoms with van der Waals surface area (Å²) in [6.45, 7) is 3.69. The second-order valence-electron chi connectivity index (χ2n) is 5.21. The topological polar surface area (TPSA) is 37.3 Å². The molecule has 0 amide bonds. The minimum absolute atomic E-state index is 0.243. The summed E-state index contributed by atoms with van der Waals surface area (Å²) in [5, 5.41) is 9.57. The van der Waals surface area contributed by atoms with E-state index in [4.69, 9.17) is 0 Å². The van der Waals surface area contributed by atoms with Gasteiger partial charge in [0, 0.05) is 5.92 Å². The van der Waals surface area contributed by atoms with Crippen molar-refractivity contribution in [1.29, 1.82) is 0 Å². The number of hydrogen-bond donors (Lipinski definition) is 1. The number of carbonyl (C=O) groups excluding carboxylic acids is 1. The molecular weight excluding hydrogens is 188 g/mol. The molecule has 1 aliphatic carbocycles. The van der Waals surface area contributed by atoms with Crippen LogP contribution in [0.25, 0.3) is 0 Å². The molecule has 2 heteroatoms. The standard InChI is InChI=1S/C13H22O2/c1-13(2,15)8-4-7-11-5-3-6-12(9-11)10-14/h5,10,12,15H,3-4,6-9H2,1-2H3. The number of allylic oxidation sites excluding steroid dienone is 2. The van der Waals surface area contributed by atoms with Crippen LogP contribution in [0.2, 0.25) is 0 Å². The molecule has 1 N–H and O–H groups in total. The molecule has 0 bridgehead atoms. The normalized spacial score (nSPS) is 22.3. The van der Waals surface area contributed by atoms with Crippen LogP contribution in [0, 0.1) is 5.92 Å². The fraction of sp³-hybridized carbons (Fsp3) is 0.769. The van der Waals surface area contributed by atoms with E-state index >= 15 is 0 Å². The average Bonchev–Trinajstić information content (AvgIpc) is 2.16. The van der Waals surface area contributed by atoms with E-state index in [9.17, 15) is 9.90 Å². The second kappa shape index (κ2) is 5.45. The maximum absolute atomic E-state index is 10.7. The highest BCUT2D eigenvalue weighted by Gasteiger charge is 2.16. The molecular formula is C13H22O2. The minimum atomic E-state index is -0.556. The quantitative estimate of drug-likeness (QED) is 0.559. The van der Waals surface area contributed by atoms with Crippen molar-refractivity contribution in [3.63, 3.8) is 0 Å². The first-order valence-corrected chi connectivity index (χ1v) is 5.87. The molecule has 0 aromatic carbocycles. The van der Waals surface area contributed by atoms with Crippen molar-refractivity contribution in [3.8, 4) is 0 Å². The maximum Gasteiger partial charge on any atom is 0.123 e. The molecule has 0 aromatic heterocycles. The summed E-state index contributed by atoms with van der Waals surface area (Å²) in [6, 6.07) is 0. The molecule has 0 saturated heterocycles. The molecule has 0 fully saturated rings. The van der Waals surface area contributed by atoms with E-state index in [2.05, 4.69) is 6.08 Å². The van der Waals surface area contributed by atoms with Gasteiger partial charge in [-0.2, -0.15) is 0 Å². The zero-order valence-electron chi connectivity index (χ0n) is 9.83. The Morgan fingerprint density at radius 1 is 1.60 bits per heavy atom. The van der Waals surface area contributed by atoms with Gasteiger partial charge in [-0.15, -0.1) is 0 Å². The third-order valence-electron chi connectivity index (χ3n) is 2.97.